The van der Waals surface area contributed by atoms with Gasteiger partial charge in [0, 0.05) is 29.1 Å². The zero-order valence-electron chi connectivity index (χ0n) is 10.2. The molecule has 0 radical (unpaired) electrons. The van der Waals surface area contributed by atoms with Gasteiger partial charge in [0.25, 0.3) is 11.6 Å². The smallest absolute Gasteiger partial charge is 0.269 e. The standard InChI is InChI=1S/C12H15BrN2O3/c1-8(7-13)9(2)14-12(16)10-3-5-11(6-4-10)15(17)18/h3-6,8-9H,7H2,1-2H3,(H,14,16). The number of carbonyl (C=O) groups excluding carboxylic acids is 1. The Morgan fingerprint density at radius 3 is 2.39 bits per heavy atom. The first-order chi connectivity index (χ1) is 8.45. The quantitative estimate of drug-likeness (QED) is 0.516. The normalized spacial score (nSPS) is 13.7. The number of nitrogens with one attached hydrogen (secondary N) is 1. The summed E-state index contributed by atoms with van der Waals surface area (Å²) in [4.78, 5) is 21.9. The second kappa shape index (κ2) is 6.49. The molecule has 0 aliphatic heterocycles. The molecule has 0 aliphatic rings. The molecular weight excluding hydrogens is 300 g/mol. The fraction of sp³-hybridized carbons (Fsp3) is 0.417. The molecule has 1 aromatic carbocycles. The lowest BCUT2D eigenvalue weighted by Gasteiger charge is -2.19. The van der Waals surface area contributed by atoms with Crippen LogP contribution in [-0.2, 0) is 0 Å². The average molecular weight is 315 g/mol. The Labute approximate surface area is 114 Å². The predicted octanol–water partition coefficient (Wildman–Crippen LogP) is 2.74. The molecule has 0 spiro atoms. The molecule has 0 saturated carbocycles. The number of benzene rings is 1. The number of carbonyl (C=O) groups is 1. The summed E-state index contributed by atoms with van der Waals surface area (Å²) in [6.45, 7) is 3.95. The molecule has 2 unspecified atom stereocenters. The summed E-state index contributed by atoms with van der Waals surface area (Å²) in [7, 11) is 0. The van der Waals surface area contributed by atoms with E-state index in [1.165, 1.54) is 24.3 Å². The number of hydrogen-bond acceptors (Lipinski definition) is 3. The van der Waals surface area contributed by atoms with Gasteiger partial charge in [0.05, 0.1) is 4.92 Å². The Bertz CT molecular complexity index is 433. The van der Waals surface area contributed by atoms with Crippen LogP contribution in [0.2, 0.25) is 0 Å². The third kappa shape index (κ3) is 3.80. The zero-order valence-corrected chi connectivity index (χ0v) is 11.8. The van der Waals surface area contributed by atoms with Gasteiger partial charge >= 0.3 is 0 Å². The highest BCUT2D eigenvalue weighted by molar-refractivity contribution is 9.09. The highest BCUT2D eigenvalue weighted by Crippen LogP contribution is 2.13. The largest absolute Gasteiger partial charge is 0.349 e. The molecular formula is C12H15BrN2O3. The molecule has 0 aromatic heterocycles. The molecule has 2 atom stereocenters. The summed E-state index contributed by atoms with van der Waals surface area (Å²) in [5.74, 6) is 0.0946. The molecule has 98 valence electrons. The Hall–Kier alpha value is -1.43. The van der Waals surface area contributed by atoms with E-state index < -0.39 is 4.92 Å². The minimum Gasteiger partial charge on any atom is -0.349 e. The first kappa shape index (κ1) is 14.6. The van der Waals surface area contributed by atoms with E-state index in [4.69, 9.17) is 0 Å². The monoisotopic (exact) mass is 314 g/mol. The summed E-state index contributed by atoms with van der Waals surface area (Å²) in [5, 5.41) is 14.1. The molecule has 0 aliphatic carbocycles. The van der Waals surface area contributed by atoms with Gasteiger partial charge in [-0.3, -0.25) is 14.9 Å². The van der Waals surface area contributed by atoms with E-state index >= 15 is 0 Å². The number of halogens is 1. The van der Waals surface area contributed by atoms with E-state index in [2.05, 4.69) is 21.2 Å². The van der Waals surface area contributed by atoms with E-state index in [0.29, 0.717) is 11.5 Å². The SMILES string of the molecule is CC(CBr)C(C)NC(=O)c1ccc([N+](=O)[O-])cc1. The summed E-state index contributed by atoms with van der Waals surface area (Å²) >= 11 is 3.36. The van der Waals surface area contributed by atoms with Gasteiger partial charge in [-0.05, 0) is 25.0 Å². The van der Waals surface area contributed by atoms with E-state index in [9.17, 15) is 14.9 Å². The maximum absolute atomic E-state index is 11.9. The van der Waals surface area contributed by atoms with Crippen molar-refractivity contribution in [3.05, 3.63) is 39.9 Å². The number of rotatable bonds is 5. The van der Waals surface area contributed by atoms with E-state index in [1.807, 2.05) is 13.8 Å². The van der Waals surface area contributed by atoms with Crippen LogP contribution in [-0.4, -0.2) is 22.2 Å². The van der Waals surface area contributed by atoms with Crippen LogP contribution in [0.3, 0.4) is 0 Å². The van der Waals surface area contributed by atoms with Crippen LogP contribution in [0.4, 0.5) is 5.69 Å². The van der Waals surface area contributed by atoms with Gasteiger partial charge in [0.15, 0.2) is 0 Å². The van der Waals surface area contributed by atoms with E-state index in [-0.39, 0.29) is 17.6 Å². The van der Waals surface area contributed by atoms with Crippen molar-refractivity contribution >= 4 is 27.5 Å². The number of alkyl halides is 1. The second-order valence-electron chi connectivity index (χ2n) is 4.20. The molecule has 1 aromatic rings. The van der Waals surface area contributed by atoms with Crippen molar-refractivity contribution in [1.29, 1.82) is 0 Å². The third-order valence-electron chi connectivity index (χ3n) is 2.80. The number of amides is 1. The van der Waals surface area contributed by atoms with Crippen LogP contribution in [0.25, 0.3) is 0 Å². The first-order valence-corrected chi connectivity index (χ1v) is 6.69. The number of non-ortho nitro benzene ring substituents is 1. The predicted molar refractivity (Wildman–Crippen MR) is 73.0 cm³/mol. The molecule has 18 heavy (non-hydrogen) atoms. The van der Waals surface area contributed by atoms with Gasteiger partial charge in [0.1, 0.15) is 0 Å². The topological polar surface area (TPSA) is 72.2 Å². The van der Waals surface area contributed by atoms with Crippen molar-refractivity contribution in [2.45, 2.75) is 19.9 Å². The van der Waals surface area contributed by atoms with Crippen molar-refractivity contribution in [3.63, 3.8) is 0 Å². The minimum absolute atomic E-state index is 0.0200. The Balaban J connectivity index is 2.70. The van der Waals surface area contributed by atoms with Crippen LogP contribution in [0, 0.1) is 16.0 Å². The van der Waals surface area contributed by atoms with E-state index in [1.54, 1.807) is 0 Å². The van der Waals surface area contributed by atoms with Gasteiger partial charge in [-0.25, -0.2) is 0 Å². The number of nitro groups is 1. The van der Waals surface area contributed by atoms with Gasteiger partial charge in [-0.1, -0.05) is 22.9 Å². The summed E-state index contributed by atoms with van der Waals surface area (Å²) < 4.78 is 0. The van der Waals surface area contributed by atoms with Crippen molar-refractivity contribution in [2.24, 2.45) is 5.92 Å². The highest BCUT2D eigenvalue weighted by atomic mass is 79.9. The Kier molecular flexibility index (Phi) is 5.27. The van der Waals surface area contributed by atoms with Gasteiger partial charge in [0.2, 0.25) is 0 Å². The lowest BCUT2D eigenvalue weighted by molar-refractivity contribution is -0.384. The molecule has 0 fully saturated rings. The summed E-state index contributed by atoms with van der Waals surface area (Å²) in [5.41, 5.74) is 0.405. The maximum atomic E-state index is 11.9. The molecule has 1 rings (SSSR count). The second-order valence-corrected chi connectivity index (χ2v) is 4.85. The van der Waals surface area contributed by atoms with E-state index in [0.717, 1.165) is 5.33 Å². The lowest BCUT2D eigenvalue weighted by Crippen LogP contribution is -2.37. The average Bonchev–Trinajstić information content (AvgIpc) is 2.37. The van der Waals surface area contributed by atoms with Gasteiger partial charge in [-0.15, -0.1) is 0 Å². The van der Waals surface area contributed by atoms with Crippen LogP contribution in [0.1, 0.15) is 24.2 Å². The molecule has 1 amide bonds. The Morgan fingerprint density at radius 2 is 1.94 bits per heavy atom. The summed E-state index contributed by atoms with van der Waals surface area (Å²) in [6, 6.07) is 5.60. The first-order valence-electron chi connectivity index (χ1n) is 5.57. The number of nitrogens with zero attached hydrogens (tertiary/aromatic N) is 1. The molecule has 0 saturated heterocycles. The number of hydrogen-bond donors (Lipinski definition) is 1. The van der Waals surface area contributed by atoms with Crippen LogP contribution < -0.4 is 5.32 Å². The van der Waals surface area contributed by atoms with Gasteiger partial charge < -0.3 is 5.32 Å². The maximum Gasteiger partial charge on any atom is 0.269 e. The Morgan fingerprint density at radius 1 is 1.39 bits per heavy atom. The molecule has 1 N–H and O–H groups in total. The fourth-order valence-electron chi connectivity index (χ4n) is 1.30. The third-order valence-corrected chi connectivity index (χ3v) is 3.82. The van der Waals surface area contributed by atoms with Crippen molar-refractivity contribution < 1.29 is 9.72 Å². The fourth-order valence-corrected chi connectivity index (χ4v) is 1.86. The lowest BCUT2D eigenvalue weighted by atomic mass is 10.1. The minimum atomic E-state index is -0.489. The molecule has 5 nitrogen and oxygen atoms in total. The highest BCUT2D eigenvalue weighted by Gasteiger charge is 2.15. The van der Waals surface area contributed by atoms with Crippen molar-refractivity contribution in [3.8, 4) is 0 Å². The molecule has 0 heterocycles. The number of nitro benzene ring substituents is 1. The molecule has 0 bridgehead atoms. The van der Waals surface area contributed by atoms with Crippen molar-refractivity contribution in [1.82, 2.24) is 5.32 Å². The van der Waals surface area contributed by atoms with Crippen LogP contribution >= 0.6 is 15.9 Å². The van der Waals surface area contributed by atoms with Gasteiger partial charge in [-0.2, -0.15) is 0 Å². The van der Waals surface area contributed by atoms with Crippen LogP contribution in [0.15, 0.2) is 24.3 Å². The van der Waals surface area contributed by atoms with Crippen molar-refractivity contribution in [2.75, 3.05) is 5.33 Å². The van der Waals surface area contributed by atoms with Crippen LogP contribution in [0.5, 0.6) is 0 Å². The molecule has 6 heteroatoms. The zero-order chi connectivity index (χ0) is 13.7. The summed E-state index contributed by atoms with van der Waals surface area (Å²) in [6.07, 6.45) is 0.